The highest BCUT2D eigenvalue weighted by Crippen LogP contribution is 2.25. The van der Waals surface area contributed by atoms with E-state index in [1.165, 1.54) is 57.4 Å². The molecule has 1 aromatic carbocycles. The second-order valence-corrected chi connectivity index (χ2v) is 9.86. The van der Waals surface area contributed by atoms with E-state index in [9.17, 15) is 8.78 Å². The van der Waals surface area contributed by atoms with Gasteiger partial charge in [0.25, 0.3) is 0 Å². The molecule has 0 saturated heterocycles. The number of unbranched alkanes of at least 4 members (excludes halogenated alkanes) is 10. The van der Waals surface area contributed by atoms with Crippen LogP contribution >= 0.6 is 0 Å². The molecule has 0 aliphatic heterocycles. The standard InChI is InChI=1S/C31H47F2NO/c1-3-5-7-9-11-13-17-28(32)18-15-16-26-19-21-30(34-25-26)27-20-22-31(29(33)24-27)35-23-14-12-10-8-6-4-2/h19-22,24-25,28H,3-18,23H2,1-2H3. The van der Waals surface area contributed by atoms with Gasteiger partial charge in [-0.3, -0.25) is 4.98 Å². The highest BCUT2D eigenvalue weighted by molar-refractivity contribution is 5.60. The molecule has 0 amide bonds. The van der Waals surface area contributed by atoms with Gasteiger partial charge in [-0.1, -0.05) is 90.5 Å². The van der Waals surface area contributed by atoms with E-state index < -0.39 is 6.17 Å². The SMILES string of the molecule is CCCCCCCCOc1ccc(-c2ccc(CCCC(F)CCCCCCCC)cn2)cc1F. The molecule has 0 fully saturated rings. The Kier molecular flexibility index (Phi) is 15.3. The van der Waals surface area contributed by atoms with Crippen LogP contribution in [0.1, 0.15) is 116 Å². The molecule has 2 rings (SSSR count). The topological polar surface area (TPSA) is 22.1 Å². The van der Waals surface area contributed by atoms with Crippen LogP contribution in [-0.2, 0) is 6.42 Å². The summed E-state index contributed by atoms with van der Waals surface area (Å²) in [7, 11) is 0. The largest absolute Gasteiger partial charge is 0.491 e. The van der Waals surface area contributed by atoms with Crippen LogP contribution in [0.3, 0.4) is 0 Å². The molecule has 196 valence electrons. The lowest BCUT2D eigenvalue weighted by atomic mass is 10.0. The van der Waals surface area contributed by atoms with Gasteiger partial charge in [0.05, 0.1) is 12.3 Å². The fourth-order valence-electron chi connectivity index (χ4n) is 4.40. The molecular weight excluding hydrogens is 440 g/mol. The monoisotopic (exact) mass is 487 g/mol. The number of aryl methyl sites for hydroxylation is 1. The molecule has 1 atom stereocenters. The number of aromatic nitrogens is 1. The zero-order chi connectivity index (χ0) is 25.1. The Hall–Kier alpha value is -1.97. The van der Waals surface area contributed by atoms with E-state index in [1.54, 1.807) is 6.07 Å². The van der Waals surface area contributed by atoms with Crippen molar-refractivity contribution in [3.63, 3.8) is 0 Å². The second kappa shape index (κ2) is 18.3. The second-order valence-electron chi connectivity index (χ2n) is 9.86. The maximum Gasteiger partial charge on any atom is 0.165 e. The van der Waals surface area contributed by atoms with Crippen molar-refractivity contribution in [2.75, 3.05) is 6.61 Å². The van der Waals surface area contributed by atoms with E-state index in [1.807, 2.05) is 24.4 Å². The first-order valence-corrected chi connectivity index (χ1v) is 14.2. The Bertz CT molecular complexity index is 793. The predicted octanol–water partition coefficient (Wildman–Crippen LogP) is 10.0. The fourth-order valence-corrected chi connectivity index (χ4v) is 4.40. The molecule has 35 heavy (non-hydrogen) atoms. The van der Waals surface area contributed by atoms with Gasteiger partial charge in [0.2, 0.25) is 0 Å². The van der Waals surface area contributed by atoms with Crippen LogP contribution in [0.25, 0.3) is 11.3 Å². The molecule has 0 aliphatic rings. The van der Waals surface area contributed by atoms with E-state index in [4.69, 9.17) is 4.74 Å². The summed E-state index contributed by atoms with van der Waals surface area (Å²) in [6, 6.07) is 8.99. The minimum atomic E-state index is -0.696. The summed E-state index contributed by atoms with van der Waals surface area (Å²) in [6.07, 6.45) is 18.4. The Balaban J connectivity index is 1.68. The number of rotatable bonds is 20. The minimum Gasteiger partial charge on any atom is -0.491 e. The van der Waals surface area contributed by atoms with Gasteiger partial charge in [0.15, 0.2) is 11.6 Å². The lowest BCUT2D eigenvalue weighted by Gasteiger charge is -2.10. The zero-order valence-corrected chi connectivity index (χ0v) is 22.2. The first-order chi connectivity index (χ1) is 17.1. The van der Waals surface area contributed by atoms with Crippen LogP contribution in [-0.4, -0.2) is 17.8 Å². The van der Waals surface area contributed by atoms with Crippen molar-refractivity contribution >= 4 is 0 Å². The highest BCUT2D eigenvalue weighted by Gasteiger charge is 2.09. The van der Waals surface area contributed by atoms with Crippen LogP contribution < -0.4 is 4.74 Å². The minimum absolute atomic E-state index is 0.306. The van der Waals surface area contributed by atoms with Gasteiger partial charge in [0.1, 0.15) is 6.17 Å². The number of pyridine rings is 1. The van der Waals surface area contributed by atoms with E-state index in [-0.39, 0.29) is 5.82 Å². The Morgan fingerprint density at radius 1 is 0.771 bits per heavy atom. The van der Waals surface area contributed by atoms with Crippen LogP contribution in [0, 0.1) is 5.82 Å². The quantitative estimate of drug-likeness (QED) is 0.173. The summed E-state index contributed by atoms with van der Waals surface area (Å²) in [4.78, 5) is 4.51. The van der Waals surface area contributed by atoms with Gasteiger partial charge in [-0.05, 0) is 61.9 Å². The molecule has 0 spiro atoms. The smallest absolute Gasteiger partial charge is 0.165 e. The summed E-state index contributed by atoms with van der Waals surface area (Å²) < 4.78 is 34.3. The molecular formula is C31H47F2NO. The number of hydrogen-bond donors (Lipinski definition) is 0. The van der Waals surface area contributed by atoms with Gasteiger partial charge in [-0.15, -0.1) is 0 Å². The van der Waals surface area contributed by atoms with Crippen LogP contribution in [0.5, 0.6) is 5.75 Å². The van der Waals surface area contributed by atoms with E-state index in [0.717, 1.165) is 55.3 Å². The Morgan fingerprint density at radius 2 is 1.43 bits per heavy atom. The van der Waals surface area contributed by atoms with Gasteiger partial charge < -0.3 is 4.74 Å². The van der Waals surface area contributed by atoms with Crippen molar-refractivity contribution in [3.8, 4) is 17.0 Å². The normalized spacial score (nSPS) is 12.1. The highest BCUT2D eigenvalue weighted by atomic mass is 19.1. The summed E-state index contributed by atoms with van der Waals surface area (Å²) in [5, 5.41) is 0. The zero-order valence-electron chi connectivity index (χ0n) is 22.2. The molecule has 4 heteroatoms. The number of hydrogen-bond acceptors (Lipinski definition) is 2. The lowest BCUT2D eigenvalue weighted by Crippen LogP contribution is -2.01. The number of alkyl halides is 1. The van der Waals surface area contributed by atoms with Gasteiger partial charge in [-0.25, -0.2) is 8.78 Å². The molecule has 1 heterocycles. The van der Waals surface area contributed by atoms with Crippen LogP contribution in [0.15, 0.2) is 36.5 Å². The van der Waals surface area contributed by atoms with Gasteiger partial charge >= 0.3 is 0 Å². The molecule has 0 aliphatic carbocycles. The third kappa shape index (κ3) is 12.5. The maximum absolute atomic E-state index is 14.5. The third-order valence-corrected chi connectivity index (χ3v) is 6.66. The molecule has 2 nitrogen and oxygen atoms in total. The first kappa shape index (κ1) is 29.3. The Labute approximate surface area is 212 Å². The molecule has 2 aromatic rings. The Morgan fingerprint density at radius 3 is 2.09 bits per heavy atom. The predicted molar refractivity (Wildman–Crippen MR) is 144 cm³/mol. The van der Waals surface area contributed by atoms with E-state index in [2.05, 4.69) is 18.8 Å². The van der Waals surface area contributed by atoms with Crippen molar-refractivity contribution in [2.24, 2.45) is 0 Å². The average Bonchev–Trinajstić information content (AvgIpc) is 2.87. The summed E-state index contributed by atoms with van der Waals surface area (Å²) in [6.45, 7) is 4.97. The summed E-state index contributed by atoms with van der Waals surface area (Å²) in [5.41, 5.74) is 2.57. The molecule has 1 unspecified atom stereocenters. The van der Waals surface area contributed by atoms with E-state index >= 15 is 0 Å². The molecule has 1 aromatic heterocycles. The van der Waals surface area contributed by atoms with Crippen molar-refractivity contribution in [3.05, 3.63) is 47.9 Å². The number of halogens is 2. The van der Waals surface area contributed by atoms with Crippen molar-refractivity contribution in [1.29, 1.82) is 0 Å². The fraction of sp³-hybridized carbons (Fsp3) is 0.645. The van der Waals surface area contributed by atoms with Crippen LogP contribution in [0.2, 0.25) is 0 Å². The lowest BCUT2D eigenvalue weighted by molar-refractivity contribution is 0.282. The number of nitrogens with zero attached hydrogens (tertiary/aromatic N) is 1. The number of ether oxygens (including phenoxy) is 1. The molecule has 0 bridgehead atoms. The molecule has 0 saturated carbocycles. The van der Waals surface area contributed by atoms with Crippen molar-refractivity contribution < 1.29 is 13.5 Å². The van der Waals surface area contributed by atoms with Gasteiger partial charge in [-0.2, -0.15) is 0 Å². The van der Waals surface area contributed by atoms with Crippen LogP contribution in [0.4, 0.5) is 8.78 Å². The summed E-state index contributed by atoms with van der Waals surface area (Å²) in [5.74, 6) is -0.0422. The average molecular weight is 488 g/mol. The number of benzene rings is 1. The molecule has 0 radical (unpaired) electrons. The van der Waals surface area contributed by atoms with Crippen molar-refractivity contribution in [2.45, 2.75) is 123 Å². The van der Waals surface area contributed by atoms with Gasteiger partial charge in [0, 0.05) is 11.8 Å². The maximum atomic E-state index is 14.5. The van der Waals surface area contributed by atoms with E-state index in [0.29, 0.717) is 25.2 Å². The third-order valence-electron chi connectivity index (χ3n) is 6.66. The van der Waals surface area contributed by atoms with Crippen molar-refractivity contribution in [1.82, 2.24) is 4.98 Å². The summed E-state index contributed by atoms with van der Waals surface area (Å²) >= 11 is 0. The molecule has 0 N–H and O–H groups in total. The first-order valence-electron chi connectivity index (χ1n) is 14.2.